The van der Waals surface area contributed by atoms with Crippen molar-refractivity contribution in [3.63, 3.8) is 0 Å². The van der Waals surface area contributed by atoms with Crippen LogP contribution in [0.15, 0.2) is 48.8 Å². The number of halogens is 3. The van der Waals surface area contributed by atoms with Crippen LogP contribution in [0.3, 0.4) is 0 Å². The molecule has 174 valence electrons. The van der Waals surface area contributed by atoms with E-state index in [4.69, 9.17) is 0 Å². The van der Waals surface area contributed by atoms with Crippen molar-refractivity contribution in [2.75, 3.05) is 25.0 Å². The molecule has 0 atom stereocenters. The molecule has 0 bridgehead atoms. The van der Waals surface area contributed by atoms with Gasteiger partial charge in [-0.05, 0) is 56.0 Å². The summed E-state index contributed by atoms with van der Waals surface area (Å²) in [6.07, 6.45) is 1.44. The molecule has 4 rings (SSSR count). The van der Waals surface area contributed by atoms with E-state index in [0.29, 0.717) is 17.8 Å². The van der Waals surface area contributed by atoms with E-state index in [9.17, 15) is 18.0 Å². The number of rotatable bonds is 5. The van der Waals surface area contributed by atoms with Crippen molar-refractivity contribution >= 4 is 11.6 Å². The van der Waals surface area contributed by atoms with Gasteiger partial charge < -0.3 is 9.80 Å². The summed E-state index contributed by atoms with van der Waals surface area (Å²) in [4.78, 5) is 20.9. The molecule has 2 aromatic heterocycles. The van der Waals surface area contributed by atoms with E-state index in [2.05, 4.69) is 27.1 Å². The van der Waals surface area contributed by atoms with Gasteiger partial charge in [-0.15, -0.1) is 0 Å². The maximum atomic E-state index is 13.0. The highest BCUT2D eigenvalue weighted by Crippen LogP contribution is 2.29. The summed E-state index contributed by atoms with van der Waals surface area (Å²) in [5.41, 5.74) is 2.27. The van der Waals surface area contributed by atoms with Gasteiger partial charge in [0, 0.05) is 38.6 Å². The Labute approximate surface area is 190 Å². The lowest BCUT2D eigenvalue weighted by molar-refractivity contribution is -0.137. The van der Waals surface area contributed by atoms with Crippen molar-refractivity contribution in [1.82, 2.24) is 19.7 Å². The molecule has 0 spiro atoms. The Bertz CT molecular complexity index is 1100. The second-order valence-electron chi connectivity index (χ2n) is 8.33. The van der Waals surface area contributed by atoms with E-state index >= 15 is 0 Å². The van der Waals surface area contributed by atoms with Crippen LogP contribution in [0, 0.1) is 6.92 Å². The summed E-state index contributed by atoms with van der Waals surface area (Å²) in [6.45, 7) is 4.28. The summed E-state index contributed by atoms with van der Waals surface area (Å²) in [5.74, 6) is 0.00118. The van der Waals surface area contributed by atoms with E-state index in [1.807, 2.05) is 12.1 Å². The number of alkyl halides is 3. The Morgan fingerprint density at radius 3 is 2.33 bits per heavy atom. The van der Waals surface area contributed by atoms with Gasteiger partial charge in [0.15, 0.2) is 5.82 Å². The number of hydrogen-bond acceptors (Lipinski definition) is 4. The SMILES string of the molecule is Cc1c(C(=O)N(C)Cc2ccc(N3CCCCC3)cc2)cnn1-c1ccc(C(F)(F)F)cn1. The van der Waals surface area contributed by atoms with Crippen LogP contribution in [0.1, 0.15) is 46.4 Å². The fraction of sp³-hybridized carbons (Fsp3) is 0.375. The summed E-state index contributed by atoms with van der Waals surface area (Å²) in [7, 11) is 1.72. The Hall–Kier alpha value is -3.36. The van der Waals surface area contributed by atoms with Crippen LogP contribution in [0.2, 0.25) is 0 Å². The summed E-state index contributed by atoms with van der Waals surface area (Å²) < 4.78 is 39.7. The molecule has 1 saturated heterocycles. The van der Waals surface area contributed by atoms with Crippen molar-refractivity contribution in [2.45, 2.75) is 38.9 Å². The molecule has 0 unspecified atom stereocenters. The molecule has 0 aliphatic carbocycles. The Kier molecular flexibility index (Phi) is 6.40. The van der Waals surface area contributed by atoms with Gasteiger partial charge in [-0.1, -0.05) is 12.1 Å². The van der Waals surface area contributed by atoms with Gasteiger partial charge in [-0.25, -0.2) is 9.67 Å². The number of piperidine rings is 1. The Balaban J connectivity index is 1.44. The number of hydrogen-bond donors (Lipinski definition) is 0. The lowest BCUT2D eigenvalue weighted by Crippen LogP contribution is -2.29. The summed E-state index contributed by atoms with van der Waals surface area (Å²) in [5, 5.41) is 4.17. The highest BCUT2D eigenvalue weighted by atomic mass is 19.4. The number of anilines is 1. The third-order valence-electron chi connectivity index (χ3n) is 5.96. The van der Waals surface area contributed by atoms with Crippen molar-refractivity contribution < 1.29 is 18.0 Å². The maximum Gasteiger partial charge on any atom is 0.417 e. The van der Waals surface area contributed by atoms with Crippen LogP contribution in [0.25, 0.3) is 5.82 Å². The molecular formula is C24H26F3N5O. The number of benzene rings is 1. The van der Waals surface area contributed by atoms with Gasteiger partial charge >= 0.3 is 6.18 Å². The molecule has 0 saturated carbocycles. The fourth-order valence-electron chi connectivity index (χ4n) is 4.05. The van der Waals surface area contributed by atoms with Crippen molar-refractivity contribution in [3.8, 4) is 5.82 Å². The van der Waals surface area contributed by atoms with Gasteiger partial charge in [0.05, 0.1) is 23.0 Å². The molecule has 0 N–H and O–H groups in total. The van der Waals surface area contributed by atoms with Crippen LogP contribution in [0.4, 0.5) is 18.9 Å². The zero-order valence-corrected chi connectivity index (χ0v) is 18.6. The number of carbonyl (C=O) groups is 1. The van der Waals surface area contributed by atoms with Crippen LogP contribution in [0.5, 0.6) is 0 Å². The topological polar surface area (TPSA) is 54.3 Å². The minimum atomic E-state index is -4.46. The van der Waals surface area contributed by atoms with Gasteiger partial charge in [0.1, 0.15) is 0 Å². The van der Waals surface area contributed by atoms with E-state index in [0.717, 1.165) is 30.9 Å². The predicted molar refractivity (Wildman–Crippen MR) is 119 cm³/mol. The summed E-state index contributed by atoms with van der Waals surface area (Å²) >= 11 is 0. The number of aromatic nitrogens is 3. The fourth-order valence-corrected chi connectivity index (χ4v) is 4.05. The van der Waals surface area contributed by atoms with Gasteiger partial charge in [-0.3, -0.25) is 4.79 Å². The van der Waals surface area contributed by atoms with Crippen molar-refractivity contribution in [3.05, 3.63) is 71.2 Å². The van der Waals surface area contributed by atoms with Crippen molar-refractivity contribution in [2.24, 2.45) is 0 Å². The van der Waals surface area contributed by atoms with E-state index in [-0.39, 0.29) is 11.7 Å². The first-order valence-corrected chi connectivity index (χ1v) is 10.9. The molecule has 3 aromatic rings. The third kappa shape index (κ3) is 5.02. The van der Waals surface area contributed by atoms with Gasteiger partial charge in [0.25, 0.3) is 5.91 Å². The number of pyridine rings is 1. The molecule has 3 heterocycles. The van der Waals surface area contributed by atoms with Crippen LogP contribution in [-0.2, 0) is 12.7 Å². The maximum absolute atomic E-state index is 13.0. The molecule has 0 radical (unpaired) electrons. The molecule has 1 aliphatic rings. The smallest absolute Gasteiger partial charge is 0.372 e. The zero-order chi connectivity index (χ0) is 23.6. The predicted octanol–water partition coefficient (Wildman–Crippen LogP) is 4.86. The normalized spacial score (nSPS) is 14.4. The molecule has 1 amide bonds. The number of carbonyl (C=O) groups excluding carboxylic acids is 1. The minimum absolute atomic E-state index is 0.217. The standard InChI is InChI=1S/C24H26F3N5O/c1-17-21(15-29-32(17)22-11-8-19(14-28-22)24(25,26)27)23(33)30(2)16-18-6-9-20(10-7-18)31-12-4-3-5-13-31/h6-11,14-15H,3-5,12-13,16H2,1-2H3. The largest absolute Gasteiger partial charge is 0.417 e. The Morgan fingerprint density at radius 1 is 1.03 bits per heavy atom. The lowest BCUT2D eigenvalue weighted by Gasteiger charge is -2.29. The monoisotopic (exact) mass is 457 g/mol. The average Bonchev–Trinajstić information content (AvgIpc) is 3.20. The van der Waals surface area contributed by atoms with E-state index < -0.39 is 11.7 Å². The molecule has 1 aliphatic heterocycles. The third-order valence-corrected chi connectivity index (χ3v) is 5.96. The second-order valence-corrected chi connectivity index (χ2v) is 8.33. The molecule has 9 heteroatoms. The Morgan fingerprint density at radius 2 is 1.73 bits per heavy atom. The van der Waals surface area contributed by atoms with Crippen molar-refractivity contribution in [1.29, 1.82) is 0 Å². The first-order chi connectivity index (χ1) is 15.7. The number of amides is 1. The molecule has 6 nitrogen and oxygen atoms in total. The van der Waals surface area contributed by atoms with Crippen LogP contribution < -0.4 is 4.90 Å². The second kappa shape index (κ2) is 9.25. The minimum Gasteiger partial charge on any atom is -0.372 e. The summed E-state index contributed by atoms with van der Waals surface area (Å²) in [6, 6.07) is 10.5. The molecular weight excluding hydrogens is 431 g/mol. The highest BCUT2D eigenvalue weighted by molar-refractivity contribution is 5.95. The van der Waals surface area contributed by atoms with E-state index in [1.165, 1.54) is 41.9 Å². The molecule has 1 fully saturated rings. The average molecular weight is 458 g/mol. The van der Waals surface area contributed by atoms with Gasteiger partial charge in [-0.2, -0.15) is 18.3 Å². The quantitative estimate of drug-likeness (QED) is 0.549. The highest BCUT2D eigenvalue weighted by Gasteiger charge is 2.31. The zero-order valence-electron chi connectivity index (χ0n) is 18.6. The van der Waals surface area contributed by atoms with Crippen LogP contribution in [-0.4, -0.2) is 45.7 Å². The first-order valence-electron chi connectivity index (χ1n) is 10.9. The molecule has 1 aromatic carbocycles. The molecule has 33 heavy (non-hydrogen) atoms. The van der Waals surface area contributed by atoms with Gasteiger partial charge in [0.2, 0.25) is 0 Å². The first kappa shape index (κ1) is 22.8. The lowest BCUT2D eigenvalue weighted by atomic mass is 10.1. The van der Waals surface area contributed by atoms with E-state index in [1.54, 1.807) is 18.9 Å². The van der Waals surface area contributed by atoms with Crippen LogP contribution >= 0.6 is 0 Å². The number of nitrogens with zero attached hydrogens (tertiary/aromatic N) is 5.